The number of ketones is 1. The third-order valence-electron chi connectivity index (χ3n) is 3.95. The highest BCUT2D eigenvalue weighted by Crippen LogP contribution is 2.31. The molecule has 0 radical (unpaired) electrons. The highest BCUT2D eigenvalue weighted by Gasteiger charge is 2.15. The van der Waals surface area contributed by atoms with Crippen LogP contribution in [0, 0.1) is 5.82 Å². The van der Waals surface area contributed by atoms with E-state index < -0.39 is 0 Å². The lowest BCUT2D eigenvalue weighted by Gasteiger charge is -2.08. The molecule has 0 bridgehead atoms. The number of halogens is 1. The van der Waals surface area contributed by atoms with Crippen molar-refractivity contribution in [2.45, 2.75) is 6.54 Å². The van der Waals surface area contributed by atoms with E-state index in [-0.39, 0.29) is 18.1 Å². The van der Waals surface area contributed by atoms with Gasteiger partial charge < -0.3 is 9.47 Å². The minimum Gasteiger partial charge on any atom is -0.497 e. The van der Waals surface area contributed by atoms with Gasteiger partial charge >= 0.3 is 0 Å². The second kappa shape index (κ2) is 7.74. The normalized spacial score (nSPS) is 10.4. The van der Waals surface area contributed by atoms with Gasteiger partial charge in [0.15, 0.2) is 12.2 Å². The fourth-order valence-electron chi connectivity index (χ4n) is 2.54. The smallest absolute Gasteiger partial charge is 0.287 e. The van der Waals surface area contributed by atoms with E-state index in [4.69, 9.17) is 9.47 Å². The molecular weight excluding hydrogens is 335 g/mol. The Morgan fingerprint density at radius 1 is 1.08 bits per heavy atom. The van der Waals surface area contributed by atoms with Crippen molar-refractivity contribution in [2.24, 2.45) is 0 Å². The second-order valence-corrected chi connectivity index (χ2v) is 5.61. The largest absolute Gasteiger partial charge is 0.497 e. The van der Waals surface area contributed by atoms with E-state index >= 15 is 0 Å². The molecule has 0 atom stereocenters. The van der Waals surface area contributed by atoms with Crippen LogP contribution >= 0.6 is 0 Å². The van der Waals surface area contributed by atoms with Crippen molar-refractivity contribution in [1.29, 1.82) is 0 Å². The molecule has 0 saturated carbocycles. The van der Waals surface area contributed by atoms with Gasteiger partial charge in [-0.05, 0) is 41.4 Å². The number of nitrogens with zero attached hydrogens (tertiary/aromatic N) is 2. The van der Waals surface area contributed by atoms with Gasteiger partial charge in [0.1, 0.15) is 17.3 Å². The number of ether oxygens (including phenoxy) is 2. The molecule has 2 aromatic carbocycles. The van der Waals surface area contributed by atoms with Crippen LogP contribution in [0.4, 0.5) is 4.39 Å². The van der Waals surface area contributed by atoms with Crippen LogP contribution in [0.5, 0.6) is 11.5 Å². The van der Waals surface area contributed by atoms with Crippen LogP contribution in [-0.4, -0.2) is 25.0 Å². The number of methoxy groups -OCH3 is 2. The first kappa shape index (κ1) is 17.5. The third-order valence-corrected chi connectivity index (χ3v) is 3.95. The molecular formula is C20H18FN2O3+. The van der Waals surface area contributed by atoms with Gasteiger partial charge in [-0.15, -0.1) is 0 Å². The van der Waals surface area contributed by atoms with Gasteiger partial charge in [-0.1, -0.05) is 0 Å². The van der Waals surface area contributed by atoms with Crippen molar-refractivity contribution in [1.82, 2.24) is 4.98 Å². The number of Topliss-reactive ketones (excluding diaryl/α,β-unsaturated/α-hetero) is 1. The summed E-state index contributed by atoms with van der Waals surface area (Å²) in [5.41, 5.74) is 2.00. The van der Waals surface area contributed by atoms with Gasteiger partial charge in [-0.25, -0.2) is 8.96 Å². The minimum absolute atomic E-state index is 0.119. The standard InChI is InChI=1S/C20H18FN2O3/c1-25-16-7-8-17(20(11-16)26-2)18-9-10-23(13-22-18)12-19(24)14-3-5-15(21)6-4-14/h3-11,13H,12H2,1-2H3/q+1. The second-order valence-electron chi connectivity index (χ2n) is 5.61. The highest BCUT2D eigenvalue weighted by atomic mass is 19.1. The monoisotopic (exact) mass is 353 g/mol. The van der Waals surface area contributed by atoms with E-state index in [1.807, 2.05) is 18.2 Å². The van der Waals surface area contributed by atoms with E-state index in [0.29, 0.717) is 17.1 Å². The summed E-state index contributed by atoms with van der Waals surface area (Å²) in [6, 6.07) is 12.8. The number of aromatic nitrogens is 2. The number of carbonyl (C=O) groups is 1. The fourth-order valence-corrected chi connectivity index (χ4v) is 2.54. The quantitative estimate of drug-likeness (QED) is 0.505. The summed E-state index contributed by atoms with van der Waals surface area (Å²) in [7, 11) is 3.18. The van der Waals surface area contributed by atoms with Crippen LogP contribution in [0.15, 0.2) is 61.1 Å². The summed E-state index contributed by atoms with van der Waals surface area (Å²) in [6.07, 6.45) is 3.36. The highest BCUT2D eigenvalue weighted by molar-refractivity contribution is 5.94. The zero-order valence-corrected chi connectivity index (χ0v) is 14.5. The molecule has 0 spiro atoms. The predicted octanol–water partition coefficient (Wildman–Crippen LogP) is 3.08. The van der Waals surface area contributed by atoms with Crippen molar-refractivity contribution in [3.63, 3.8) is 0 Å². The van der Waals surface area contributed by atoms with Crippen molar-refractivity contribution in [3.8, 4) is 22.8 Å². The Kier molecular flexibility index (Phi) is 5.22. The van der Waals surface area contributed by atoms with Crippen molar-refractivity contribution >= 4 is 5.78 Å². The summed E-state index contributed by atoms with van der Waals surface area (Å²) < 4.78 is 25.2. The van der Waals surface area contributed by atoms with Crippen molar-refractivity contribution in [3.05, 3.63) is 72.4 Å². The first-order valence-corrected chi connectivity index (χ1v) is 7.97. The third kappa shape index (κ3) is 3.85. The molecule has 5 nitrogen and oxygen atoms in total. The van der Waals surface area contributed by atoms with Crippen LogP contribution in [0.3, 0.4) is 0 Å². The molecule has 3 rings (SSSR count). The molecule has 3 aromatic rings. The van der Waals surface area contributed by atoms with Crippen LogP contribution in [0.25, 0.3) is 11.3 Å². The lowest BCUT2D eigenvalue weighted by atomic mass is 10.1. The van der Waals surface area contributed by atoms with Gasteiger partial charge in [0.2, 0.25) is 5.78 Å². The van der Waals surface area contributed by atoms with E-state index in [1.165, 1.54) is 24.3 Å². The Labute approximate surface area is 150 Å². The molecule has 0 unspecified atom stereocenters. The number of rotatable bonds is 6. The molecule has 1 heterocycles. The van der Waals surface area contributed by atoms with Crippen molar-refractivity contribution in [2.75, 3.05) is 14.2 Å². The van der Waals surface area contributed by atoms with Gasteiger partial charge in [-0.2, -0.15) is 0 Å². The molecule has 6 heteroatoms. The van der Waals surface area contributed by atoms with Gasteiger partial charge in [0.25, 0.3) is 6.33 Å². The maximum absolute atomic E-state index is 12.9. The topological polar surface area (TPSA) is 52.3 Å². The van der Waals surface area contributed by atoms with Crippen molar-refractivity contribution < 1.29 is 23.2 Å². The van der Waals surface area contributed by atoms with E-state index in [9.17, 15) is 9.18 Å². The van der Waals surface area contributed by atoms with Gasteiger partial charge in [-0.3, -0.25) is 4.79 Å². The molecule has 26 heavy (non-hydrogen) atoms. The van der Waals surface area contributed by atoms with Crippen LogP contribution < -0.4 is 14.0 Å². The average Bonchev–Trinajstić information content (AvgIpc) is 2.68. The molecule has 0 saturated heterocycles. The number of hydrogen-bond donors (Lipinski definition) is 0. The Bertz CT molecular complexity index is 909. The summed E-state index contributed by atoms with van der Waals surface area (Å²) in [4.78, 5) is 16.7. The van der Waals surface area contributed by atoms with E-state index in [1.54, 1.807) is 37.4 Å². The molecule has 0 fully saturated rings. The molecule has 0 amide bonds. The van der Waals surface area contributed by atoms with E-state index in [2.05, 4.69) is 4.98 Å². The number of benzene rings is 2. The van der Waals surface area contributed by atoms with Gasteiger partial charge in [0.05, 0.1) is 26.0 Å². The molecule has 132 valence electrons. The maximum atomic E-state index is 12.9. The Morgan fingerprint density at radius 2 is 1.85 bits per heavy atom. The van der Waals surface area contributed by atoms with Gasteiger partial charge in [0, 0.05) is 17.7 Å². The molecule has 0 aliphatic heterocycles. The van der Waals surface area contributed by atoms with Crippen LogP contribution in [0.2, 0.25) is 0 Å². The Morgan fingerprint density at radius 3 is 2.46 bits per heavy atom. The summed E-state index contributed by atoms with van der Waals surface area (Å²) in [5, 5.41) is 0. The molecule has 0 aliphatic carbocycles. The zero-order chi connectivity index (χ0) is 18.5. The maximum Gasteiger partial charge on any atom is 0.287 e. The summed E-state index contributed by atoms with van der Waals surface area (Å²) in [5.74, 6) is 0.860. The summed E-state index contributed by atoms with van der Waals surface area (Å²) >= 11 is 0. The predicted molar refractivity (Wildman–Crippen MR) is 93.7 cm³/mol. The Balaban J connectivity index is 1.78. The zero-order valence-electron chi connectivity index (χ0n) is 14.5. The molecule has 0 aliphatic rings. The molecule has 0 N–H and O–H groups in total. The number of carbonyl (C=O) groups excluding carboxylic acids is 1. The summed E-state index contributed by atoms with van der Waals surface area (Å²) in [6.45, 7) is 0.124. The Hall–Kier alpha value is -3.28. The molecule has 1 aromatic heterocycles. The van der Waals surface area contributed by atoms with Crippen LogP contribution in [0.1, 0.15) is 10.4 Å². The fraction of sp³-hybridized carbons (Fsp3) is 0.150. The first-order chi connectivity index (χ1) is 12.6. The van der Waals surface area contributed by atoms with Crippen LogP contribution in [-0.2, 0) is 6.54 Å². The minimum atomic E-state index is -0.367. The lowest BCUT2D eigenvalue weighted by molar-refractivity contribution is -0.686. The van der Waals surface area contributed by atoms with E-state index in [0.717, 1.165) is 11.3 Å². The SMILES string of the molecule is COc1ccc(-c2cc[n+](CC(=O)c3ccc(F)cc3)cn2)c(OC)c1. The lowest BCUT2D eigenvalue weighted by Crippen LogP contribution is -2.37. The number of hydrogen-bond acceptors (Lipinski definition) is 4. The average molecular weight is 353 g/mol. The first-order valence-electron chi connectivity index (χ1n) is 7.97.